The van der Waals surface area contributed by atoms with Crippen molar-refractivity contribution in [3.8, 4) is 0 Å². The van der Waals surface area contributed by atoms with Crippen LogP contribution < -0.4 is 11.3 Å². The number of nitrogens with two attached hydrogens (primary N) is 1. The Bertz CT molecular complexity index is 835. The molecule has 1 heterocycles. The van der Waals surface area contributed by atoms with E-state index in [0.717, 1.165) is 28.7 Å². The molecule has 0 saturated carbocycles. The van der Waals surface area contributed by atoms with E-state index in [2.05, 4.69) is 4.98 Å². The van der Waals surface area contributed by atoms with Gasteiger partial charge in [0.1, 0.15) is 5.69 Å². The van der Waals surface area contributed by atoms with Gasteiger partial charge >= 0.3 is 0 Å². The largest absolute Gasteiger partial charge is 0.399 e. The standard InChI is InChI=1S/C17H17N3O/c1-12-17(21)20(16-5-3-2-4-15(16)19-12)11-10-13-6-8-14(18)9-7-13/h2-9H,10-11,18H2,1H3. The number of hydrogen-bond acceptors (Lipinski definition) is 3. The predicted molar refractivity (Wildman–Crippen MR) is 85.3 cm³/mol. The number of nitrogen functional groups attached to an aromatic ring is 1. The molecule has 3 rings (SSSR count). The van der Waals surface area contributed by atoms with Crippen molar-refractivity contribution in [2.45, 2.75) is 19.9 Å². The Labute approximate surface area is 122 Å². The smallest absolute Gasteiger partial charge is 0.272 e. The fraction of sp³-hybridized carbons (Fsp3) is 0.176. The number of para-hydroxylation sites is 2. The minimum atomic E-state index is -0.0239. The number of fused-ring (bicyclic) bond motifs is 1. The Morgan fingerprint density at radius 3 is 2.57 bits per heavy atom. The summed E-state index contributed by atoms with van der Waals surface area (Å²) in [6.45, 7) is 2.39. The van der Waals surface area contributed by atoms with E-state index in [1.807, 2.05) is 48.5 Å². The maximum atomic E-state index is 12.3. The van der Waals surface area contributed by atoms with Crippen LogP contribution in [0.1, 0.15) is 11.3 Å². The van der Waals surface area contributed by atoms with E-state index in [0.29, 0.717) is 12.2 Å². The lowest BCUT2D eigenvalue weighted by Crippen LogP contribution is -2.25. The molecule has 0 radical (unpaired) electrons. The molecular weight excluding hydrogens is 262 g/mol. The summed E-state index contributed by atoms with van der Waals surface area (Å²) < 4.78 is 1.80. The highest BCUT2D eigenvalue weighted by molar-refractivity contribution is 5.74. The van der Waals surface area contributed by atoms with Gasteiger partial charge in [-0.05, 0) is 43.2 Å². The third-order valence-corrected chi connectivity index (χ3v) is 3.62. The van der Waals surface area contributed by atoms with E-state index < -0.39 is 0 Å². The molecule has 3 aromatic rings. The fourth-order valence-corrected chi connectivity index (χ4v) is 2.47. The number of hydrogen-bond donors (Lipinski definition) is 1. The summed E-state index contributed by atoms with van der Waals surface area (Å²) in [5.41, 5.74) is 9.84. The zero-order valence-corrected chi connectivity index (χ0v) is 11.9. The SMILES string of the molecule is Cc1nc2ccccc2n(CCc2ccc(N)cc2)c1=O. The maximum Gasteiger partial charge on any atom is 0.272 e. The van der Waals surface area contributed by atoms with Crippen LogP contribution in [-0.2, 0) is 13.0 Å². The molecule has 4 nitrogen and oxygen atoms in total. The van der Waals surface area contributed by atoms with E-state index in [9.17, 15) is 4.79 Å². The quantitative estimate of drug-likeness (QED) is 0.749. The number of anilines is 1. The van der Waals surface area contributed by atoms with E-state index in [-0.39, 0.29) is 5.56 Å². The van der Waals surface area contributed by atoms with Gasteiger partial charge in [0.2, 0.25) is 0 Å². The van der Waals surface area contributed by atoms with Crippen LogP contribution in [0, 0.1) is 6.92 Å². The van der Waals surface area contributed by atoms with Crippen molar-refractivity contribution in [2.75, 3.05) is 5.73 Å². The number of benzene rings is 2. The highest BCUT2D eigenvalue weighted by atomic mass is 16.1. The molecule has 0 amide bonds. The number of nitrogens with zero attached hydrogens (tertiary/aromatic N) is 2. The van der Waals surface area contributed by atoms with Crippen LogP contribution in [0.2, 0.25) is 0 Å². The number of aromatic nitrogens is 2. The average Bonchev–Trinajstić information content (AvgIpc) is 2.49. The molecule has 2 aromatic carbocycles. The first kappa shape index (κ1) is 13.4. The zero-order valence-electron chi connectivity index (χ0n) is 11.9. The van der Waals surface area contributed by atoms with Crippen molar-refractivity contribution < 1.29 is 0 Å². The van der Waals surface area contributed by atoms with E-state index in [1.165, 1.54) is 0 Å². The van der Waals surface area contributed by atoms with Gasteiger partial charge in [-0.3, -0.25) is 4.79 Å². The summed E-state index contributed by atoms with van der Waals surface area (Å²) in [4.78, 5) is 16.7. The van der Waals surface area contributed by atoms with Gasteiger partial charge in [-0.25, -0.2) is 4.98 Å². The molecule has 0 aliphatic carbocycles. The van der Waals surface area contributed by atoms with Crippen molar-refractivity contribution in [1.29, 1.82) is 0 Å². The van der Waals surface area contributed by atoms with Crippen LogP contribution in [0.15, 0.2) is 53.3 Å². The van der Waals surface area contributed by atoms with Crippen LogP contribution in [0.3, 0.4) is 0 Å². The Hall–Kier alpha value is -2.62. The van der Waals surface area contributed by atoms with E-state index >= 15 is 0 Å². The van der Waals surface area contributed by atoms with Crippen LogP contribution in [-0.4, -0.2) is 9.55 Å². The Kier molecular flexibility index (Phi) is 3.44. The topological polar surface area (TPSA) is 60.9 Å². The van der Waals surface area contributed by atoms with Gasteiger partial charge in [0.15, 0.2) is 0 Å². The van der Waals surface area contributed by atoms with Gasteiger partial charge in [0.25, 0.3) is 5.56 Å². The van der Waals surface area contributed by atoms with Crippen LogP contribution in [0.4, 0.5) is 5.69 Å². The number of aryl methyl sites for hydroxylation is 3. The second-order valence-corrected chi connectivity index (χ2v) is 5.13. The lowest BCUT2D eigenvalue weighted by atomic mass is 10.1. The second-order valence-electron chi connectivity index (χ2n) is 5.13. The number of rotatable bonds is 3. The van der Waals surface area contributed by atoms with Crippen LogP contribution in [0.25, 0.3) is 11.0 Å². The first-order valence-corrected chi connectivity index (χ1v) is 6.96. The highest BCUT2D eigenvalue weighted by Gasteiger charge is 2.07. The third-order valence-electron chi connectivity index (χ3n) is 3.62. The summed E-state index contributed by atoms with van der Waals surface area (Å²) in [6, 6.07) is 15.5. The molecule has 0 aliphatic heterocycles. The molecular formula is C17H17N3O. The van der Waals surface area contributed by atoms with Crippen molar-refractivity contribution in [3.63, 3.8) is 0 Å². The minimum Gasteiger partial charge on any atom is -0.399 e. The lowest BCUT2D eigenvalue weighted by molar-refractivity contribution is 0.685. The van der Waals surface area contributed by atoms with E-state index in [1.54, 1.807) is 11.5 Å². The summed E-state index contributed by atoms with van der Waals surface area (Å²) >= 11 is 0. The highest BCUT2D eigenvalue weighted by Crippen LogP contribution is 2.12. The monoisotopic (exact) mass is 279 g/mol. The van der Waals surface area contributed by atoms with Gasteiger partial charge in [0.05, 0.1) is 11.0 Å². The van der Waals surface area contributed by atoms with Crippen molar-refractivity contribution in [3.05, 3.63) is 70.1 Å². The summed E-state index contributed by atoms with van der Waals surface area (Å²) in [6.07, 6.45) is 0.785. The molecule has 106 valence electrons. The molecule has 0 atom stereocenters. The van der Waals surface area contributed by atoms with Gasteiger partial charge in [-0.1, -0.05) is 24.3 Å². The normalized spacial score (nSPS) is 10.9. The third kappa shape index (κ3) is 2.65. The first-order chi connectivity index (χ1) is 10.1. The van der Waals surface area contributed by atoms with Crippen LogP contribution in [0.5, 0.6) is 0 Å². The fourth-order valence-electron chi connectivity index (χ4n) is 2.47. The van der Waals surface area contributed by atoms with Gasteiger partial charge in [-0.15, -0.1) is 0 Å². The summed E-state index contributed by atoms with van der Waals surface area (Å²) in [7, 11) is 0. The second kappa shape index (κ2) is 5.40. The van der Waals surface area contributed by atoms with Gasteiger partial charge in [0, 0.05) is 12.2 Å². The van der Waals surface area contributed by atoms with E-state index in [4.69, 9.17) is 5.73 Å². The average molecular weight is 279 g/mol. The molecule has 1 aromatic heterocycles. The summed E-state index contributed by atoms with van der Waals surface area (Å²) in [5, 5.41) is 0. The molecule has 0 bridgehead atoms. The molecule has 21 heavy (non-hydrogen) atoms. The molecule has 0 aliphatic rings. The summed E-state index contributed by atoms with van der Waals surface area (Å²) in [5.74, 6) is 0. The Morgan fingerprint density at radius 1 is 1.10 bits per heavy atom. The Balaban J connectivity index is 1.98. The molecule has 0 spiro atoms. The van der Waals surface area contributed by atoms with Gasteiger partial charge < -0.3 is 10.3 Å². The molecule has 0 fully saturated rings. The lowest BCUT2D eigenvalue weighted by Gasteiger charge is -2.11. The molecule has 0 saturated heterocycles. The van der Waals surface area contributed by atoms with Crippen molar-refractivity contribution >= 4 is 16.7 Å². The Morgan fingerprint density at radius 2 is 1.81 bits per heavy atom. The maximum absolute atomic E-state index is 12.3. The molecule has 4 heteroatoms. The first-order valence-electron chi connectivity index (χ1n) is 6.96. The minimum absolute atomic E-state index is 0.0239. The zero-order chi connectivity index (χ0) is 14.8. The van der Waals surface area contributed by atoms with Crippen molar-refractivity contribution in [1.82, 2.24) is 9.55 Å². The molecule has 0 unspecified atom stereocenters. The van der Waals surface area contributed by atoms with Crippen molar-refractivity contribution in [2.24, 2.45) is 0 Å². The van der Waals surface area contributed by atoms with Crippen LogP contribution >= 0.6 is 0 Å². The predicted octanol–water partition coefficient (Wildman–Crippen LogP) is 2.53. The molecule has 2 N–H and O–H groups in total. The van der Waals surface area contributed by atoms with Gasteiger partial charge in [-0.2, -0.15) is 0 Å².